The van der Waals surface area contributed by atoms with E-state index in [-0.39, 0.29) is 5.91 Å². The van der Waals surface area contributed by atoms with E-state index in [1.807, 2.05) is 54.6 Å². The maximum atomic E-state index is 13.8. The van der Waals surface area contributed by atoms with Crippen LogP contribution in [0.1, 0.15) is 6.04 Å². The third-order valence-corrected chi connectivity index (χ3v) is 8.36. The minimum Gasteiger partial charge on any atom is -0.394 e. The number of thiazole rings is 1. The lowest BCUT2D eigenvalue weighted by molar-refractivity contribution is -0.211. The summed E-state index contributed by atoms with van der Waals surface area (Å²) in [5.74, 6) is -0.389. The molecule has 0 saturated carbocycles. The molecule has 10 nitrogen and oxygen atoms in total. The number of rotatable bonds is 6. The molecule has 2 N–H and O–H groups in total. The van der Waals surface area contributed by atoms with Crippen molar-refractivity contribution in [1.29, 1.82) is 0 Å². The molecule has 0 bridgehead atoms. The molecule has 1 fully saturated rings. The maximum absolute atomic E-state index is 13.8. The molecule has 1 amide bonds. The Kier molecular flexibility index (Phi) is 7.26. The lowest BCUT2D eigenvalue weighted by Gasteiger charge is -2.43. The van der Waals surface area contributed by atoms with Gasteiger partial charge in [-0.2, -0.15) is 0 Å². The van der Waals surface area contributed by atoms with Gasteiger partial charge >= 0.3 is 0 Å². The van der Waals surface area contributed by atoms with E-state index in [9.17, 15) is 15.0 Å². The molecule has 5 aromatic rings. The Labute approximate surface area is 238 Å². The number of aliphatic hydroxyl groups excluding tert-OH is 2. The summed E-state index contributed by atoms with van der Waals surface area (Å²) in [6.07, 6.45) is -2.62. The highest BCUT2D eigenvalue weighted by atomic mass is 35.5. The Hall–Kier alpha value is -3.45. The molecule has 1 saturated heterocycles. The van der Waals surface area contributed by atoms with Crippen molar-refractivity contribution in [3.8, 4) is 11.3 Å². The van der Waals surface area contributed by atoms with Gasteiger partial charge in [-0.25, -0.2) is 9.67 Å². The van der Waals surface area contributed by atoms with E-state index in [1.54, 1.807) is 18.8 Å². The van der Waals surface area contributed by atoms with Crippen LogP contribution in [-0.2, 0) is 14.3 Å². The van der Waals surface area contributed by atoms with Crippen LogP contribution in [0.25, 0.3) is 32.2 Å². The molecule has 206 valence electrons. The van der Waals surface area contributed by atoms with Gasteiger partial charge in [0.15, 0.2) is 6.10 Å². The lowest BCUT2D eigenvalue weighted by atomic mass is 9.91. The smallest absolute Gasteiger partial charge is 0.258 e. The number of methoxy groups -OCH3 is 1. The molecule has 1 aliphatic rings. The second kappa shape index (κ2) is 10.8. The SMILES string of the molecule is CO[C@@H]1[C@@H](n2cc(-c3ccc4cc(Cl)ccc4c3)nn2)[C@@H](O)[C@@H](CO)O[C@H]1C(=O)N(C)c1ccc2ncsc2c1. The van der Waals surface area contributed by atoms with Crippen LogP contribution in [0.3, 0.4) is 0 Å². The number of fused-ring (bicyclic) bond motifs is 2. The lowest BCUT2D eigenvalue weighted by Crippen LogP contribution is -2.60. The third-order valence-electron chi connectivity index (χ3n) is 7.33. The topological polar surface area (TPSA) is 123 Å². The van der Waals surface area contributed by atoms with E-state index < -0.39 is 37.1 Å². The van der Waals surface area contributed by atoms with Crippen molar-refractivity contribution < 1.29 is 24.5 Å². The Balaban J connectivity index is 1.32. The molecular formula is C28H26ClN5O5S. The van der Waals surface area contributed by atoms with Crippen molar-refractivity contribution in [2.45, 2.75) is 30.5 Å². The zero-order valence-corrected chi connectivity index (χ0v) is 23.2. The van der Waals surface area contributed by atoms with E-state index in [0.717, 1.165) is 26.6 Å². The van der Waals surface area contributed by atoms with E-state index >= 15 is 0 Å². The minimum atomic E-state index is -1.22. The molecule has 0 unspecified atom stereocenters. The van der Waals surface area contributed by atoms with Gasteiger partial charge in [-0.1, -0.05) is 35.0 Å². The number of amides is 1. The molecule has 3 heterocycles. The van der Waals surface area contributed by atoms with Crippen molar-refractivity contribution >= 4 is 55.5 Å². The molecule has 1 aliphatic heterocycles. The third kappa shape index (κ3) is 4.74. The van der Waals surface area contributed by atoms with Crippen molar-refractivity contribution in [2.75, 3.05) is 25.7 Å². The number of carbonyl (C=O) groups is 1. The summed E-state index contributed by atoms with van der Waals surface area (Å²) in [6.45, 7) is -0.497. The van der Waals surface area contributed by atoms with Gasteiger partial charge in [0.05, 0.1) is 28.5 Å². The molecule has 12 heteroatoms. The molecular weight excluding hydrogens is 554 g/mol. The summed E-state index contributed by atoms with van der Waals surface area (Å²) in [7, 11) is 3.10. The van der Waals surface area contributed by atoms with Crippen LogP contribution in [0.15, 0.2) is 66.3 Å². The fourth-order valence-electron chi connectivity index (χ4n) is 5.16. The molecule has 0 spiro atoms. The number of aliphatic hydroxyl groups is 2. The van der Waals surface area contributed by atoms with E-state index in [1.165, 1.54) is 28.0 Å². The highest BCUT2D eigenvalue weighted by Gasteiger charge is 2.50. The first kappa shape index (κ1) is 26.8. The van der Waals surface area contributed by atoms with E-state index in [2.05, 4.69) is 15.3 Å². The largest absolute Gasteiger partial charge is 0.394 e. The van der Waals surface area contributed by atoms with Crippen molar-refractivity contribution in [3.63, 3.8) is 0 Å². The first-order chi connectivity index (χ1) is 19.4. The van der Waals surface area contributed by atoms with Gasteiger partial charge in [-0.05, 0) is 47.2 Å². The van der Waals surface area contributed by atoms with Crippen LogP contribution in [0.5, 0.6) is 0 Å². The van der Waals surface area contributed by atoms with Gasteiger partial charge in [0.2, 0.25) is 0 Å². The van der Waals surface area contributed by atoms with Crippen LogP contribution in [0, 0.1) is 0 Å². The number of anilines is 1. The summed E-state index contributed by atoms with van der Waals surface area (Å²) in [5, 5.41) is 32.5. The van der Waals surface area contributed by atoms with Gasteiger partial charge in [0, 0.05) is 30.4 Å². The van der Waals surface area contributed by atoms with Crippen LogP contribution in [0.4, 0.5) is 5.69 Å². The summed E-state index contributed by atoms with van der Waals surface area (Å²) in [4.78, 5) is 19.5. The summed E-state index contributed by atoms with van der Waals surface area (Å²) < 4.78 is 14.1. The number of ether oxygens (including phenoxy) is 2. The predicted molar refractivity (Wildman–Crippen MR) is 153 cm³/mol. The number of hydrogen-bond acceptors (Lipinski definition) is 9. The molecule has 2 aromatic heterocycles. The zero-order valence-electron chi connectivity index (χ0n) is 21.6. The predicted octanol–water partition coefficient (Wildman–Crippen LogP) is 3.70. The van der Waals surface area contributed by atoms with Gasteiger partial charge in [0.1, 0.15) is 30.0 Å². The van der Waals surface area contributed by atoms with Gasteiger partial charge in [0.25, 0.3) is 5.91 Å². The van der Waals surface area contributed by atoms with Crippen LogP contribution < -0.4 is 4.90 Å². The molecule has 6 rings (SSSR count). The summed E-state index contributed by atoms with van der Waals surface area (Å²) >= 11 is 7.60. The standard InChI is InChI=1S/C28H26ClN5O5S/c1-33(19-7-8-20-23(11-19)40-14-30-20)28(37)27-26(38-2)24(25(36)22(13-35)39-27)34-12-21(31-32-34)17-4-3-16-10-18(29)6-5-15(16)9-17/h3-12,14,22,24-27,35-36H,13H2,1-2H3/t22-,24+,25+,26-,27-/m1/s1. The Morgan fingerprint density at radius 3 is 2.77 bits per heavy atom. The number of carbonyl (C=O) groups excluding carboxylic acids is 1. The fourth-order valence-corrected chi connectivity index (χ4v) is 6.05. The molecule has 0 aliphatic carbocycles. The number of nitrogens with zero attached hydrogens (tertiary/aromatic N) is 5. The molecule has 5 atom stereocenters. The monoisotopic (exact) mass is 579 g/mol. The average Bonchev–Trinajstić information content (AvgIpc) is 3.65. The molecule has 0 radical (unpaired) electrons. The highest BCUT2D eigenvalue weighted by Crippen LogP contribution is 2.35. The average molecular weight is 580 g/mol. The van der Waals surface area contributed by atoms with E-state index in [4.69, 9.17) is 21.1 Å². The highest BCUT2D eigenvalue weighted by molar-refractivity contribution is 7.16. The number of aromatic nitrogens is 4. The number of benzene rings is 3. The van der Waals surface area contributed by atoms with Gasteiger partial charge in [-0.15, -0.1) is 16.4 Å². The summed E-state index contributed by atoms with van der Waals surface area (Å²) in [6, 6.07) is 16.2. The van der Waals surface area contributed by atoms with Crippen LogP contribution >= 0.6 is 22.9 Å². The minimum absolute atomic E-state index is 0.389. The first-order valence-electron chi connectivity index (χ1n) is 12.6. The second-order valence-electron chi connectivity index (χ2n) is 9.65. The van der Waals surface area contributed by atoms with Crippen molar-refractivity contribution in [1.82, 2.24) is 20.0 Å². The second-order valence-corrected chi connectivity index (χ2v) is 11.0. The zero-order chi connectivity index (χ0) is 28.0. The number of hydrogen-bond donors (Lipinski definition) is 2. The van der Waals surface area contributed by atoms with E-state index in [0.29, 0.717) is 16.4 Å². The van der Waals surface area contributed by atoms with Crippen molar-refractivity contribution in [3.05, 3.63) is 71.3 Å². The van der Waals surface area contributed by atoms with Crippen LogP contribution in [-0.4, -0.2) is 81.3 Å². The summed E-state index contributed by atoms with van der Waals surface area (Å²) in [5.41, 5.74) is 4.65. The van der Waals surface area contributed by atoms with Crippen molar-refractivity contribution in [2.24, 2.45) is 0 Å². The normalized spacial score (nSPS) is 23.1. The number of halogens is 1. The molecule has 3 aromatic carbocycles. The van der Waals surface area contributed by atoms with Gasteiger partial charge < -0.3 is 24.6 Å². The fraction of sp³-hybridized carbons (Fsp3) is 0.286. The maximum Gasteiger partial charge on any atom is 0.258 e. The van der Waals surface area contributed by atoms with Gasteiger partial charge in [-0.3, -0.25) is 4.79 Å². The molecule has 40 heavy (non-hydrogen) atoms. The Bertz CT molecular complexity index is 1690. The Morgan fingerprint density at radius 2 is 1.98 bits per heavy atom. The van der Waals surface area contributed by atoms with Crippen LogP contribution in [0.2, 0.25) is 5.02 Å². The quantitative estimate of drug-likeness (QED) is 0.312. The Morgan fingerprint density at radius 1 is 1.18 bits per heavy atom. The number of likely N-dealkylation sites (N-methyl/N-ethyl adjacent to an activating group) is 1. The first-order valence-corrected chi connectivity index (χ1v) is 13.8.